The van der Waals surface area contributed by atoms with Gasteiger partial charge in [0.05, 0.1) is 12.5 Å². The van der Waals surface area contributed by atoms with Crippen molar-refractivity contribution < 1.29 is 19.4 Å². The summed E-state index contributed by atoms with van der Waals surface area (Å²) in [6.07, 6.45) is 1.13. The Bertz CT molecular complexity index is 259. The highest BCUT2D eigenvalue weighted by Crippen LogP contribution is 2.13. The number of carboxylic acid groups (broad SMARTS) is 1. The van der Waals surface area contributed by atoms with Crippen LogP contribution in [0.3, 0.4) is 0 Å². The van der Waals surface area contributed by atoms with E-state index in [2.05, 4.69) is 5.32 Å². The number of aliphatic carboxylic acids is 1. The molecular formula is C11H19NO4. The Hall–Kier alpha value is -1.10. The Morgan fingerprint density at radius 2 is 2.19 bits per heavy atom. The van der Waals surface area contributed by atoms with Gasteiger partial charge in [-0.1, -0.05) is 13.8 Å². The summed E-state index contributed by atoms with van der Waals surface area (Å²) in [5.74, 6) is -1.12. The minimum absolute atomic E-state index is 0.186. The van der Waals surface area contributed by atoms with Crippen LogP contribution in [0.4, 0.5) is 0 Å². The summed E-state index contributed by atoms with van der Waals surface area (Å²) >= 11 is 0. The molecule has 92 valence electrons. The van der Waals surface area contributed by atoms with Gasteiger partial charge in [-0.15, -0.1) is 0 Å². The summed E-state index contributed by atoms with van der Waals surface area (Å²) in [6, 6.07) is -0.784. The van der Waals surface area contributed by atoms with Crippen LogP contribution in [-0.4, -0.2) is 36.2 Å². The third kappa shape index (κ3) is 3.81. The molecule has 0 unspecified atom stereocenters. The van der Waals surface area contributed by atoms with E-state index >= 15 is 0 Å². The molecule has 1 heterocycles. The summed E-state index contributed by atoms with van der Waals surface area (Å²) in [4.78, 5) is 22.6. The smallest absolute Gasteiger partial charge is 0.326 e. The van der Waals surface area contributed by atoms with E-state index in [0.717, 1.165) is 0 Å². The summed E-state index contributed by atoms with van der Waals surface area (Å²) in [6.45, 7) is 4.85. The van der Waals surface area contributed by atoms with Crippen molar-refractivity contribution in [2.75, 3.05) is 13.2 Å². The van der Waals surface area contributed by atoms with Gasteiger partial charge in [-0.3, -0.25) is 4.79 Å². The zero-order valence-electron chi connectivity index (χ0n) is 9.73. The minimum atomic E-state index is -0.971. The number of hydrogen-bond acceptors (Lipinski definition) is 3. The van der Waals surface area contributed by atoms with E-state index in [0.29, 0.717) is 26.1 Å². The summed E-state index contributed by atoms with van der Waals surface area (Å²) in [5.41, 5.74) is 0. The standard InChI is InChI=1S/C11H19NO4/c1-7(2)5-9(11(14)15)12-10(13)8-3-4-16-6-8/h7-9H,3-6H2,1-2H3,(H,12,13)(H,14,15)/t8-,9+/m1/s1. The topological polar surface area (TPSA) is 75.6 Å². The molecule has 0 radical (unpaired) electrons. The second-order valence-corrected chi connectivity index (χ2v) is 4.59. The van der Waals surface area contributed by atoms with Gasteiger partial charge in [0.1, 0.15) is 6.04 Å². The molecule has 1 rings (SSSR count). The monoisotopic (exact) mass is 229 g/mol. The molecule has 5 nitrogen and oxygen atoms in total. The van der Waals surface area contributed by atoms with Crippen LogP contribution in [0, 0.1) is 11.8 Å². The number of carbonyl (C=O) groups excluding carboxylic acids is 1. The van der Waals surface area contributed by atoms with Crippen molar-refractivity contribution in [3.05, 3.63) is 0 Å². The van der Waals surface area contributed by atoms with Crippen LogP contribution in [0.2, 0.25) is 0 Å². The van der Waals surface area contributed by atoms with Crippen LogP contribution in [0.5, 0.6) is 0 Å². The minimum Gasteiger partial charge on any atom is -0.480 e. The Morgan fingerprint density at radius 3 is 2.62 bits per heavy atom. The maximum atomic E-state index is 11.7. The maximum Gasteiger partial charge on any atom is 0.326 e. The van der Waals surface area contributed by atoms with Crippen molar-refractivity contribution in [1.82, 2.24) is 5.32 Å². The number of hydrogen-bond donors (Lipinski definition) is 2. The van der Waals surface area contributed by atoms with E-state index in [9.17, 15) is 9.59 Å². The molecule has 2 N–H and O–H groups in total. The van der Waals surface area contributed by atoms with Gasteiger partial charge in [-0.2, -0.15) is 0 Å². The molecule has 0 aromatic carbocycles. The summed E-state index contributed by atoms with van der Waals surface area (Å²) in [5, 5.41) is 11.5. The first-order valence-corrected chi connectivity index (χ1v) is 5.61. The molecule has 0 aromatic rings. The van der Waals surface area contributed by atoms with Crippen LogP contribution >= 0.6 is 0 Å². The molecule has 1 aliphatic heterocycles. The molecular weight excluding hydrogens is 210 g/mol. The van der Waals surface area contributed by atoms with Crippen LogP contribution in [0.25, 0.3) is 0 Å². The number of carbonyl (C=O) groups is 2. The van der Waals surface area contributed by atoms with Crippen molar-refractivity contribution >= 4 is 11.9 Å². The molecule has 1 saturated heterocycles. The van der Waals surface area contributed by atoms with Gasteiger partial charge in [0.15, 0.2) is 0 Å². The van der Waals surface area contributed by atoms with Gasteiger partial charge in [0.25, 0.3) is 0 Å². The molecule has 0 saturated carbocycles. The molecule has 0 bridgehead atoms. The van der Waals surface area contributed by atoms with E-state index in [4.69, 9.17) is 9.84 Å². The van der Waals surface area contributed by atoms with Gasteiger partial charge in [-0.25, -0.2) is 4.79 Å². The highest BCUT2D eigenvalue weighted by molar-refractivity contribution is 5.85. The maximum absolute atomic E-state index is 11.7. The first-order chi connectivity index (χ1) is 7.50. The molecule has 1 amide bonds. The third-order valence-electron chi connectivity index (χ3n) is 2.62. The van der Waals surface area contributed by atoms with Gasteiger partial charge in [0.2, 0.25) is 5.91 Å². The van der Waals surface area contributed by atoms with Gasteiger partial charge >= 0.3 is 5.97 Å². The fraction of sp³-hybridized carbons (Fsp3) is 0.818. The summed E-state index contributed by atoms with van der Waals surface area (Å²) in [7, 11) is 0. The van der Waals surface area contributed by atoms with Gasteiger partial charge < -0.3 is 15.2 Å². The average molecular weight is 229 g/mol. The fourth-order valence-corrected chi connectivity index (χ4v) is 1.72. The highest BCUT2D eigenvalue weighted by Gasteiger charge is 2.28. The lowest BCUT2D eigenvalue weighted by Crippen LogP contribution is -2.44. The lowest BCUT2D eigenvalue weighted by atomic mass is 10.0. The Balaban J connectivity index is 2.47. The van der Waals surface area contributed by atoms with E-state index in [1.807, 2.05) is 13.8 Å². The van der Waals surface area contributed by atoms with Crippen LogP contribution in [0.15, 0.2) is 0 Å². The second-order valence-electron chi connectivity index (χ2n) is 4.59. The summed E-state index contributed by atoms with van der Waals surface area (Å²) < 4.78 is 5.09. The zero-order valence-corrected chi connectivity index (χ0v) is 9.73. The molecule has 0 aliphatic carbocycles. The Kier molecular flexibility index (Phi) is 4.73. The lowest BCUT2D eigenvalue weighted by molar-refractivity contribution is -0.143. The number of ether oxygens (including phenoxy) is 1. The third-order valence-corrected chi connectivity index (χ3v) is 2.62. The van der Waals surface area contributed by atoms with Crippen molar-refractivity contribution in [3.63, 3.8) is 0 Å². The quantitative estimate of drug-likeness (QED) is 0.725. The van der Waals surface area contributed by atoms with E-state index in [1.54, 1.807) is 0 Å². The Morgan fingerprint density at radius 1 is 1.50 bits per heavy atom. The number of carboxylic acids is 1. The fourth-order valence-electron chi connectivity index (χ4n) is 1.72. The predicted octanol–water partition coefficient (Wildman–Crippen LogP) is 0.638. The molecule has 2 atom stereocenters. The van der Waals surface area contributed by atoms with Crippen LogP contribution < -0.4 is 5.32 Å². The van der Waals surface area contributed by atoms with Gasteiger partial charge in [-0.05, 0) is 18.8 Å². The van der Waals surface area contributed by atoms with Crippen molar-refractivity contribution in [1.29, 1.82) is 0 Å². The SMILES string of the molecule is CC(C)C[C@H](NC(=O)[C@@H]1CCOC1)C(=O)O. The molecule has 16 heavy (non-hydrogen) atoms. The normalized spacial score (nSPS) is 22.1. The van der Waals surface area contributed by atoms with Crippen molar-refractivity contribution in [2.45, 2.75) is 32.7 Å². The first kappa shape index (κ1) is 13.0. The molecule has 0 spiro atoms. The van der Waals surface area contributed by atoms with Gasteiger partial charge in [0, 0.05) is 6.61 Å². The van der Waals surface area contributed by atoms with E-state index in [1.165, 1.54) is 0 Å². The molecule has 5 heteroatoms. The predicted molar refractivity (Wildman–Crippen MR) is 57.9 cm³/mol. The lowest BCUT2D eigenvalue weighted by Gasteiger charge is -2.18. The van der Waals surface area contributed by atoms with Crippen molar-refractivity contribution in [3.8, 4) is 0 Å². The van der Waals surface area contributed by atoms with Crippen molar-refractivity contribution in [2.24, 2.45) is 11.8 Å². The highest BCUT2D eigenvalue weighted by atomic mass is 16.5. The average Bonchev–Trinajstić information content (AvgIpc) is 2.68. The zero-order chi connectivity index (χ0) is 12.1. The second kappa shape index (κ2) is 5.84. The van der Waals surface area contributed by atoms with E-state index < -0.39 is 12.0 Å². The number of rotatable bonds is 5. The van der Waals surface area contributed by atoms with Crippen LogP contribution in [0.1, 0.15) is 26.7 Å². The number of nitrogens with one attached hydrogen (secondary N) is 1. The molecule has 1 aliphatic rings. The first-order valence-electron chi connectivity index (χ1n) is 5.61. The molecule has 1 fully saturated rings. The van der Waals surface area contributed by atoms with E-state index in [-0.39, 0.29) is 17.7 Å². The Labute approximate surface area is 95.2 Å². The molecule has 0 aromatic heterocycles. The van der Waals surface area contributed by atoms with Crippen LogP contribution in [-0.2, 0) is 14.3 Å². The largest absolute Gasteiger partial charge is 0.480 e. The number of amides is 1.